The lowest BCUT2D eigenvalue weighted by molar-refractivity contribution is -0.118. The van der Waals surface area contributed by atoms with Crippen molar-refractivity contribution in [2.75, 3.05) is 5.32 Å². The number of Topliss-reactive ketones (excluding diaryl/α,β-unsaturated/α-hetero) is 1. The summed E-state index contributed by atoms with van der Waals surface area (Å²) < 4.78 is 1.51. The predicted molar refractivity (Wildman–Crippen MR) is 115 cm³/mol. The number of carbonyl (C=O) groups excluding carboxylic acids is 1. The van der Waals surface area contributed by atoms with Gasteiger partial charge in [0.1, 0.15) is 11.6 Å². The summed E-state index contributed by atoms with van der Waals surface area (Å²) in [5, 5.41) is 16.3. The van der Waals surface area contributed by atoms with Gasteiger partial charge in [0.05, 0.1) is 11.3 Å². The van der Waals surface area contributed by atoms with Gasteiger partial charge < -0.3 is 10.4 Å². The molecule has 3 aromatic rings. The second-order valence-electron chi connectivity index (χ2n) is 8.86. The number of aromatic nitrogens is 2. The molecule has 0 saturated carbocycles. The number of hydrogen-bond acceptors (Lipinski definition) is 4. The molecule has 2 aliphatic rings. The number of benzene rings is 2. The van der Waals surface area contributed by atoms with Gasteiger partial charge in [-0.15, -0.1) is 0 Å². The molecule has 1 aliphatic heterocycles. The third kappa shape index (κ3) is 2.87. The number of para-hydroxylation sites is 1. The minimum Gasteiger partial charge on any atom is -0.508 e. The van der Waals surface area contributed by atoms with E-state index in [9.17, 15) is 14.7 Å². The first-order valence-corrected chi connectivity index (χ1v) is 10.1. The molecule has 6 nitrogen and oxygen atoms in total. The summed E-state index contributed by atoms with van der Waals surface area (Å²) in [6, 6.07) is 16.1. The number of ketones is 1. The largest absolute Gasteiger partial charge is 0.508 e. The maximum Gasteiger partial charge on any atom is 0.277 e. The molecule has 0 saturated heterocycles. The van der Waals surface area contributed by atoms with Crippen molar-refractivity contribution >= 4 is 11.6 Å². The fourth-order valence-corrected chi connectivity index (χ4v) is 4.65. The number of H-pyrrole nitrogens is 1. The second-order valence-corrected chi connectivity index (χ2v) is 8.86. The van der Waals surface area contributed by atoms with Crippen LogP contribution < -0.4 is 10.9 Å². The highest BCUT2D eigenvalue weighted by Gasteiger charge is 2.42. The van der Waals surface area contributed by atoms with Crippen LogP contribution in [0.5, 0.6) is 5.75 Å². The summed E-state index contributed by atoms with van der Waals surface area (Å²) >= 11 is 0. The first-order chi connectivity index (χ1) is 14.3. The van der Waals surface area contributed by atoms with Crippen molar-refractivity contribution in [3.63, 3.8) is 0 Å². The zero-order valence-electron chi connectivity index (χ0n) is 16.9. The molecule has 152 valence electrons. The smallest absolute Gasteiger partial charge is 0.277 e. The van der Waals surface area contributed by atoms with Crippen molar-refractivity contribution < 1.29 is 9.90 Å². The Balaban J connectivity index is 1.74. The molecule has 0 amide bonds. The molecule has 0 spiro atoms. The van der Waals surface area contributed by atoms with Crippen molar-refractivity contribution in [3.8, 4) is 11.4 Å². The molecule has 1 aromatic heterocycles. The Morgan fingerprint density at radius 2 is 1.70 bits per heavy atom. The zero-order chi connectivity index (χ0) is 21.0. The highest BCUT2D eigenvalue weighted by atomic mass is 16.3. The van der Waals surface area contributed by atoms with Crippen LogP contribution in [0.4, 0.5) is 5.82 Å². The molecule has 30 heavy (non-hydrogen) atoms. The van der Waals surface area contributed by atoms with Crippen molar-refractivity contribution in [2.24, 2.45) is 5.41 Å². The molecule has 2 aromatic carbocycles. The van der Waals surface area contributed by atoms with Gasteiger partial charge in [-0.3, -0.25) is 14.7 Å². The zero-order valence-corrected chi connectivity index (χ0v) is 16.9. The van der Waals surface area contributed by atoms with Crippen molar-refractivity contribution in [3.05, 3.63) is 87.3 Å². The summed E-state index contributed by atoms with van der Waals surface area (Å²) in [5.74, 6) is 0.346. The number of anilines is 1. The van der Waals surface area contributed by atoms with Crippen molar-refractivity contribution in [1.29, 1.82) is 0 Å². The monoisotopic (exact) mass is 401 g/mol. The number of carbonyl (C=O) groups is 1. The number of phenolic OH excluding ortho intramolecular Hbond substituents is 1. The lowest BCUT2D eigenvalue weighted by Crippen LogP contribution is -2.35. The SMILES string of the molecule is CC1(C)CC(=O)C2=C(C1)Nc1[nH]n(-c3ccccc3)c(=O)c1[C@H]2c1ccc(O)cc1. The number of aromatic hydroxyl groups is 1. The summed E-state index contributed by atoms with van der Waals surface area (Å²) in [6.45, 7) is 4.17. The van der Waals surface area contributed by atoms with E-state index in [1.807, 2.05) is 30.3 Å². The van der Waals surface area contributed by atoms with Crippen LogP contribution in [0.2, 0.25) is 0 Å². The molecular weight excluding hydrogens is 378 g/mol. The molecule has 0 unspecified atom stereocenters. The van der Waals surface area contributed by atoms with Gasteiger partial charge in [-0.1, -0.05) is 44.2 Å². The first-order valence-electron chi connectivity index (χ1n) is 10.1. The second kappa shape index (κ2) is 6.49. The number of nitrogens with one attached hydrogen (secondary N) is 2. The van der Waals surface area contributed by atoms with Crippen LogP contribution in [0.1, 0.15) is 43.7 Å². The van der Waals surface area contributed by atoms with E-state index in [1.54, 1.807) is 24.3 Å². The third-order valence-corrected chi connectivity index (χ3v) is 5.94. The van der Waals surface area contributed by atoms with Crippen molar-refractivity contribution in [1.82, 2.24) is 9.78 Å². The molecule has 0 radical (unpaired) electrons. The van der Waals surface area contributed by atoms with Gasteiger partial charge in [0.2, 0.25) is 0 Å². The van der Waals surface area contributed by atoms with Crippen molar-refractivity contribution in [2.45, 2.75) is 32.6 Å². The van der Waals surface area contributed by atoms with E-state index in [0.717, 1.165) is 23.4 Å². The maximum atomic E-state index is 13.5. The molecule has 1 atom stereocenters. The third-order valence-electron chi connectivity index (χ3n) is 5.94. The lowest BCUT2D eigenvalue weighted by Gasteiger charge is -2.37. The molecule has 3 N–H and O–H groups in total. The number of phenols is 1. The minimum absolute atomic E-state index is 0.0596. The normalized spacial score (nSPS) is 19.8. The lowest BCUT2D eigenvalue weighted by atomic mass is 9.69. The number of fused-ring (bicyclic) bond motifs is 1. The van der Waals surface area contributed by atoms with Crippen LogP contribution >= 0.6 is 0 Å². The Hall–Kier alpha value is -3.54. The van der Waals surface area contributed by atoms with Crippen LogP contribution in [0.25, 0.3) is 5.69 Å². The van der Waals surface area contributed by atoms with E-state index in [1.165, 1.54) is 4.68 Å². The van der Waals surface area contributed by atoms with E-state index in [4.69, 9.17) is 0 Å². The van der Waals surface area contributed by atoms with Crippen LogP contribution in [0.15, 0.2) is 70.7 Å². The Morgan fingerprint density at radius 3 is 2.40 bits per heavy atom. The standard InChI is InChI=1S/C24H23N3O3/c1-24(2)12-17-20(18(29)13-24)19(14-8-10-16(28)11-9-14)21-22(25-17)26-27(23(21)30)15-6-4-3-5-7-15/h3-11,19,25-26,28H,12-13H2,1-2H3/t19-/m0/s1. The average molecular weight is 401 g/mol. The Morgan fingerprint density at radius 1 is 1.00 bits per heavy atom. The van der Waals surface area contributed by atoms with Gasteiger partial charge in [-0.2, -0.15) is 0 Å². The number of allylic oxidation sites excluding steroid dienone is 2. The van der Waals surface area contributed by atoms with Gasteiger partial charge in [-0.25, -0.2) is 4.68 Å². The molecule has 1 aliphatic carbocycles. The minimum atomic E-state index is -0.478. The summed E-state index contributed by atoms with van der Waals surface area (Å²) in [6.07, 6.45) is 1.16. The van der Waals surface area contributed by atoms with Gasteiger partial charge in [-0.05, 0) is 41.7 Å². The molecule has 0 bridgehead atoms. The van der Waals surface area contributed by atoms with Gasteiger partial charge >= 0.3 is 0 Å². The maximum absolute atomic E-state index is 13.5. The number of hydrogen-bond donors (Lipinski definition) is 3. The summed E-state index contributed by atoms with van der Waals surface area (Å²) in [7, 11) is 0. The van der Waals surface area contributed by atoms with Crippen LogP contribution in [-0.4, -0.2) is 20.7 Å². The molecular formula is C24H23N3O3. The predicted octanol–water partition coefficient (Wildman–Crippen LogP) is 4.07. The van der Waals surface area contributed by atoms with Crippen LogP contribution in [0.3, 0.4) is 0 Å². The fourth-order valence-electron chi connectivity index (χ4n) is 4.65. The van der Waals surface area contributed by atoms with Gasteiger partial charge in [0, 0.05) is 23.6 Å². The molecule has 2 heterocycles. The van der Waals surface area contributed by atoms with Crippen LogP contribution in [0, 0.1) is 5.41 Å². The number of rotatable bonds is 2. The van der Waals surface area contributed by atoms with E-state index < -0.39 is 5.92 Å². The van der Waals surface area contributed by atoms with Gasteiger partial charge in [0.25, 0.3) is 5.56 Å². The van der Waals surface area contributed by atoms with E-state index >= 15 is 0 Å². The van der Waals surface area contributed by atoms with Crippen LogP contribution in [-0.2, 0) is 4.79 Å². The van der Waals surface area contributed by atoms with E-state index in [-0.39, 0.29) is 22.5 Å². The molecule has 5 rings (SSSR count). The molecule has 0 fully saturated rings. The van der Waals surface area contributed by atoms with E-state index in [0.29, 0.717) is 23.4 Å². The number of nitrogens with zero attached hydrogens (tertiary/aromatic N) is 1. The highest BCUT2D eigenvalue weighted by molar-refractivity contribution is 6.01. The highest BCUT2D eigenvalue weighted by Crippen LogP contribution is 2.47. The Bertz CT molecular complexity index is 1230. The fraction of sp³-hybridized carbons (Fsp3) is 0.250. The van der Waals surface area contributed by atoms with E-state index in [2.05, 4.69) is 24.3 Å². The topological polar surface area (TPSA) is 87.1 Å². The quantitative estimate of drug-likeness (QED) is 0.604. The Labute approximate surface area is 173 Å². The Kier molecular flexibility index (Phi) is 4.00. The van der Waals surface area contributed by atoms with Gasteiger partial charge in [0.15, 0.2) is 5.78 Å². The summed E-state index contributed by atoms with van der Waals surface area (Å²) in [4.78, 5) is 26.7. The molecule has 6 heteroatoms. The number of aromatic amines is 1. The first kappa shape index (κ1) is 18.5. The average Bonchev–Trinajstić information content (AvgIpc) is 3.03. The summed E-state index contributed by atoms with van der Waals surface area (Å²) in [5.41, 5.74) is 3.25.